The minimum absolute atomic E-state index is 0.0138. The van der Waals surface area contributed by atoms with Gasteiger partial charge < -0.3 is 9.84 Å². The molecule has 2 bridgehead atoms. The summed E-state index contributed by atoms with van der Waals surface area (Å²) in [7, 11) is 0. The highest BCUT2D eigenvalue weighted by molar-refractivity contribution is 5.82. The Labute approximate surface area is 201 Å². The number of hydrogen-bond acceptors (Lipinski definition) is 3. The van der Waals surface area contributed by atoms with E-state index in [1.165, 1.54) is 25.7 Å². The maximum absolute atomic E-state index is 13.6. The molecular formula is C30H48O3. The lowest BCUT2D eigenvalue weighted by Gasteiger charge is -2.73. The summed E-state index contributed by atoms with van der Waals surface area (Å²) >= 11 is 0. The molecule has 1 heterocycles. The molecule has 0 radical (unpaired) electrons. The highest BCUT2D eigenvalue weighted by Gasteiger charge is 2.82. The summed E-state index contributed by atoms with van der Waals surface area (Å²) in [6.45, 7) is 17.2. The van der Waals surface area contributed by atoms with Gasteiger partial charge in [-0.2, -0.15) is 0 Å². The van der Waals surface area contributed by atoms with E-state index in [-0.39, 0.29) is 44.7 Å². The maximum atomic E-state index is 13.6. The summed E-state index contributed by atoms with van der Waals surface area (Å²) in [5, 5.41) is 10.9. The van der Waals surface area contributed by atoms with E-state index < -0.39 is 0 Å². The highest BCUT2D eigenvalue weighted by atomic mass is 16.6. The second kappa shape index (κ2) is 6.40. The molecule has 0 amide bonds. The van der Waals surface area contributed by atoms with Gasteiger partial charge in [0.1, 0.15) is 5.60 Å². The quantitative estimate of drug-likeness (QED) is 0.443. The number of rotatable bonds is 1. The molecule has 6 aliphatic rings. The molecule has 1 aliphatic heterocycles. The third-order valence-corrected chi connectivity index (χ3v) is 14.1. The van der Waals surface area contributed by atoms with Crippen molar-refractivity contribution in [1.82, 2.24) is 0 Å². The van der Waals surface area contributed by atoms with Gasteiger partial charge in [0.2, 0.25) is 0 Å². The first kappa shape index (κ1) is 22.9. The number of fused-ring (bicyclic) bond motifs is 4. The molecule has 1 N–H and O–H groups in total. The normalized spacial score (nSPS) is 58.8. The molecule has 5 aliphatic carbocycles. The zero-order chi connectivity index (χ0) is 23.8. The molecular weight excluding hydrogens is 408 g/mol. The molecule has 0 aromatic carbocycles. The monoisotopic (exact) mass is 456 g/mol. The van der Waals surface area contributed by atoms with Crippen LogP contribution in [-0.4, -0.2) is 22.8 Å². The van der Waals surface area contributed by atoms with E-state index in [4.69, 9.17) is 4.74 Å². The van der Waals surface area contributed by atoms with Crippen LogP contribution >= 0.6 is 0 Å². The number of aliphatic hydroxyl groups is 1. The molecule has 3 nitrogen and oxygen atoms in total. The smallest absolute Gasteiger partial charge is 0.313 e. The van der Waals surface area contributed by atoms with Crippen LogP contribution in [0.5, 0.6) is 0 Å². The van der Waals surface area contributed by atoms with Gasteiger partial charge in [-0.25, -0.2) is 0 Å². The zero-order valence-corrected chi connectivity index (χ0v) is 22.3. The zero-order valence-electron chi connectivity index (χ0n) is 22.3. The topological polar surface area (TPSA) is 46.5 Å². The van der Waals surface area contributed by atoms with Gasteiger partial charge in [0.25, 0.3) is 0 Å². The summed E-state index contributed by atoms with van der Waals surface area (Å²) in [6, 6.07) is 0. The molecule has 6 rings (SSSR count). The molecule has 6 fully saturated rings. The molecule has 33 heavy (non-hydrogen) atoms. The first-order valence-corrected chi connectivity index (χ1v) is 14.2. The fourth-order valence-electron chi connectivity index (χ4n) is 12.2. The maximum Gasteiger partial charge on any atom is 0.313 e. The van der Waals surface area contributed by atoms with Crippen LogP contribution in [0.15, 0.2) is 0 Å². The summed E-state index contributed by atoms with van der Waals surface area (Å²) in [6.07, 6.45) is 11.0. The Kier molecular flexibility index (Phi) is 4.44. The van der Waals surface area contributed by atoms with Crippen molar-refractivity contribution in [3.8, 4) is 0 Å². The summed E-state index contributed by atoms with van der Waals surface area (Å²) < 4.78 is 6.78. The van der Waals surface area contributed by atoms with Gasteiger partial charge in [0.15, 0.2) is 0 Å². The van der Waals surface area contributed by atoms with E-state index in [9.17, 15) is 9.90 Å². The number of carbonyl (C=O) groups excluding carboxylic acids is 1. The number of ether oxygens (including phenoxy) is 1. The summed E-state index contributed by atoms with van der Waals surface area (Å²) in [4.78, 5) is 13.6. The predicted octanol–water partition coefficient (Wildman–Crippen LogP) is 6.76. The lowest BCUT2D eigenvalue weighted by atomic mass is 9.31. The largest absolute Gasteiger partial charge is 0.458 e. The van der Waals surface area contributed by atoms with Crippen LogP contribution in [0.1, 0.15) is 113 Å². The SMILES string of the molecule is CC(C)C1CCC23CCC4(C)C5(C)CCC6C(C)(C)C(O)CCC6(C)C5CCC4(OC2=O)C13. The average Bonchev–Trinajstić information content (AvgIpc) is 3.21. The molecule has 0 aromatic heterocycles. The van der Waals surface area contributed by atoms with Crippen molar-refractivity contribution in [3.63, 3.8) is 0 Å². The third kappa shape index (κ3) is 2.27. The Morgan fingerprint density at radius 3 is 2.24 bits per heavy atom. The van der Waals surface area contributed by atoms with E-state index in [0.717, 1.165) is 38.5 Å². The van der Waals surface area contributed by atoms with Crippen molar-refractivity contribution in [2.24, 2.45) is 56.7 Å². The average molecular weight is 457 g/mol. The van der Waals surface area contributed by atoms with Gasteiger partial charge in [-0.15, -0.1) is 0 Å². The van der Waals surface area contributed by atoms with E-state index in [0.29, 0.717) is 29.6 Å². The Hall–Kier alpha value is -0.570. The van der Waals surface area contributed by atoms with Crippen LogP contribution in [0.25, 0.3) is 0 Å². The van der Waals surface area contributed by atoms with Crippen molar-refractivity contribution in [3.05, 3.63) is 0 Å². The lowest BCUT2D eigenvalue weighted by Crippen LogP contribution is -2.71. The Morgan fingerprint density at radius 1 is 0.848 bits per heavy atom. The van der Waals surface area contributed by atoms with Crippen molar-refractivity contribution < 1.29 is 14.6 Å². The minimum Gasteiger partial charge on any atom is -0.458 e. The van der Waals surface area contributed by atoms with Crippen LogP contribution < -0.4 is 0 Å². The minimum atomic E-state index is -0.258. The van der Waals surface area contributed by atoms with Crippen LogP contribution in [0, 0.1) is 56.7 Å². The summed E-state index contributed by atoms with van der Waals surface area (Å²) in [5.74, 6) is 3.05. The first-order chi connectivity index (χ1) is 15.3. The summed E-state index contributed by atoms with van der Waals surface area (Å²) in [5.41, 5.74) is 0.0526. The van der Waals surface area contributed by atoms with Crippen molar-refractivity contribution in [1.29, 1.82) is 0 Å². The van der Waals surface area contributed by atoms with Crippen molar-refractivity contribution in [2.75, 3.05) is 0 Å². The fourth-order valence-corrected chi connectivity index (χ4v) is 12.2. The highest BCUT2D eigenvalue weighted by Crippen LogP contribution is 2.81. The Balaban J connectivity index is 1.47. The van der Waals surface area contributed by atoms with Crippen LogP contribution in [-0.2, 0) is 9.53 Å². The van der Waals surface area contributed by atoms with Crippen LogP contribution in [0.3, 0.4) is 0 Å². The third-order valence-electron chi connectivity index (χ3n) is 14.1. The second-order valence-corrected chi connectivity index (χ2v) is 15.2. The number of hydrogen-bond donors (Lipinski definition) is 1. The standard InChI is InChI=1S/C30H48O3/c1-18(2)19-8-14-29-17-16-28(7)27(6)13-9-20-25(3,4)22(31)11-12-26(20,5)21(27)10-15-30(28,23(19)29)33-24(29)32/h18-23,31H,8-17H2,1-7H3. The van der Waals surface area contributed by atoms with Gasteiger partial charge in [0.05, 0.1) is 11.5 Å². The number of aliphatic hydroxyl groups excluding tert-OH is 1. The molecule has 1 spiro atoms. The van der Waals surface area contributed by atoms with Crippen molar-refractivity contribution >= 4 is 5.97 Å². The molecule has 5 saturated carbocycles. The van der Waals surface area contributed by atoms with E-state index in [1.807, 2.05) is 0 Å². The van der Waals surface area contributed by atoms with Gasteiger partial charge in [-0.3, -0.25) is 4.79 Å². The lowest BCUT2D eigenvalue weighted by molar-refractivity contribution is -0.284. The predicted molar refractivity (Wildman–Crippen MR) is 130 cm³/mol. The number of carbonyl (C=O) groups is 1. The van der Waals surface area contributed by atoms with E-state index in [1.54, 1.807) is 0 Å². The van der Waals surface area contributed by atoms with Gasteiger partial charge in [0, 0.05) is 11.3 Å². The molecule has 10 atom stereocenters. The van der Waals surface area contributed by atoms with Gasteiger partial charge >= 0.3 is 5.97 Å². The molecule has 1 saturated heterocycles. The first-order valence-electron chi connectivity index (χ1n) is 14.2. The van der Waals surface area contributed by atoms with Gasteiger partial charge in [-0.1, -0.05) is 48.5 Å². The van der Waals surface area contributed by atoms with Gasteiger partial charge in [-0.05, 0) is 104 Å². The Morgan fingerprint density at radius 2 is 1.55 bits per heavy atom. The van der Waals surface area contributed by atoms with Crippen LogP contribution in [0.4, 0.5) is 0 Å². The fraction of sp³-hybridized carbons (Fsp3) is 0.967. The second-order valence-electron chi connectivity index (χ2n) is 15.2. The molecule has 3 heteroatoms. The Bertz CT molecular complexity index is 878. The molecule has 0 aromatic rings. The number of esters is 1. The molecule has 10 unspecified atom stereocenters. The van der Waals surface area contributed by atoms with E-state index in [2.05, 4.69) is 48.5 Å². The van der Waals surface area contributed by atoms with Crippen LogP contribution in [0.2, 0.25) is 0 Å². The molecule has 186 valence electrons. The van der Waals surface area contributed by atoms with E-state index >= 15 is 0 Å². The van der Waals surface area contributed by atoms with Crippen molar-refractivity contribution in [2.45, 2.75) is 124 Å².